The summed E-state index contributed by atoms with van der Waals surface area (Å²) in [6.45, 7) is 11.5. The van der Waals surface area contributed by atoms with E-state index in [1.165, 1.54) is 12.5 Å². The quantitative estimate of drug-likeness (QED) is 0.271. The second kappa shape index (κ2) is 11.1. The Morgan fingerprint density at radius 2 is 1.97 bits per heavy atom. The Balaban J connectivity index is 0.000000967. The van der Waals surface area contributed by atoms with E-state index in [1.807, 2.05) is 12.1 Å². The second-order valence-electron chi connectivity index (χ2n) is 9.82. The Labute approximate surface area is 212 Å². The van der Waals surface area contributed by atoms with E-state index in [4.69, 9.17) is 9.97 Å². The topological polar surface area (TPSA) is 76.0 Å². The Morgan fingerprint density at radius 3 is 2.61 bits per heavy atom. The van der Waals surface area contributed by atoms with Gasteiger partial charge in [0.15, 0.2) is 11.6 Å². The minimum absolute atomic E-state index is 0.00992. The number of allylic oxidation sites excluding steroid dienone is 5. The zero-order valence-electron chi connectivity index (χ0n) is 21.1. The highest BCUT2D eigenvalue weighted by molar-refractivity contribution is 5.96. The van der Waals surface area contributed by atoms with Crippen LogP contribution in [0.25, 0.3) is 17.0 Å². The lowest BCUT2D eigenvalue weighted by molar-refractivity contribution is -0.118. The van der Waals surface area contributed by atoms with E-state index >= 15 is 0 Å². The van der Waals surface area contributed by atoms with Crippen LogP contribution in [-0.4, -0.2) is 25.8 Å². The van der Waals surface area contributed by atoms with Crippen molar-refractivity contribution in [1.82, 2.24) is 15.0 Å². The molecule has 2 unspecified atom stereocenters. The van der Waals surface area contributed by atoms with Gasteiger partial charge in [-0.15, -0.1) is 0 Å². The smallest absolute Gasteiger partial charge is 0.162 e. The summed E-state index contributed by atoms with van der Waals surface area (Å²) >= 11 is 0. The molecule has 1 N–H and O–H groups in total. The summed E-state index contributed by atoms with van der Waals surface area (Å²) in [4.78, 5) is 26.7. The standard InChI is InChI=1S/C27H26FN3O2.C3H8/c1-3-4-20(15(2)28)25-21-8-7-17-13-24(33)19(14-32)11-22(17)26(21)31-27(30-25)18-9-10-29-23(12-18)16-5-6-16;1-3-2/h3-4,9-10,12,14,16-17,22,32H,1-2,5-8,11,13H2;3H2,1-2H3/b19-14-,20-4+;. The summed E-state index contributed by atoms with van der Waals surface area (Å²) in [7, 11) is 0. The van der Waals surface area contributed by atoms with Gasteiger partial charge in [0.1, 0.15) is 5.83 Å². The Bertz CT molecular complexity index is 1240. The fourth-order valence-electron chi connectivity index (χ4n) is 5.12. The van der Waals surface area contributed by atoms with Gasteiger partial charge in [0.05, 0.1) is 17.6 Å². The molecule has 2 fully saturated rings. The van der Waals surface area contributed by atoms with Crippen molar-refractivity contribution in [3.05, 3.63) is 83.9 Å². The van der Waals surface area contributed by atoms with Crippen LogP contribution >= 0.6 is 0 Å². The number of ketones is 1. The molecule has 0 aromatic carbocycles. The number of nitrogens with zero attached hydrogens (tertiary/aromatic N) is 3. The van der Waals surface area contributed by atoms with Gasteiger partial charge in [0.25, 0.3) is 0 Å². The van der Waals surface area contributed by atoms with Gasteiger partial charge in [0.2, 0.25) is 0 Å². The Kier molecular flexibility index (Phi) is 7.92. The van der Waals surface area contributed by atoms with E-state index in [0.717, 1.165) is 48.0 Å². The average molecular weight is 488 g/mol. The highest BCUT2D eigenvalue weighted by Crippen LogP contribution is 2.47. The van der Waals surface area contributed by atoms with Crippen LogP contribution < -0.4 is 0 Å². The number of aliphatic hydroxyl groups excluding tert-OH is 1. The fourth-order valence-corrected chi connectivity index (χ4v) is 5.12. The minimum atomic E-state index is -0.577. The van der Waals surface area contributed by atoms with Crippen molar-refractivity contribution in [1.29, 1.82) is 0 Å². The van der Waals surface area contributed by atoms with Crippen molar-refractivity contribution in [3.63, 3.8) is 0 Å². The maximum Gasteiger partial charge on any atom is 0.162 e. The number of halogens is 1. The van der Waals surface area contributed by atoms with Crippen LogP contribution in [0.4, 0.5) is 4.39 Å². The molecule has 36 heavy (non-hydrogen) atoms. The molecule has 2 aromatic rings. The number of pyridine rings is 1. The number of aliphatic hydroxyl groups is 1. The van der Waals surface area contributed by atoms with Gasteiger partial charge in [-0.1, -0.05) is 45.6 Å². The average Bonchev–Trinajstić information content (AvgIpc) is 3.72. The van der Waals surface area contributed by atoms with E-state index in [0.29, 0.717) is 47.8 Å². The molecule has 0 aliphatic heterocycles. The van der Waals surface area contributed by atoms with Crippen LogP contribution in [0, 0.1) is 5.92 Å². The molecule has 0 radical (unpaired) electrons. The maximum atomic E-state index is 14.6. The molecule has 2 aromatic heterocycles. The number of carbonyl (C=O) groups is 1. The Hall–Kier alpha value is -3.41. The van der Waals surface area contributed by atoms with E-state index in [9.17, 15) is 14.3 Å². The first kappa shape index (κ1) is 25.7. The summed E-state index contributed by atoms with van der Waals surface area (Å²) in [5.41, 5.74) is 4.82. The highest BCUT2D eigenvalue weighted by Gasteiger charge is 2.40. The number of hydrogen-bond donors (Lipinski definition) is 1. The van der Waals surface area contributed by atoms with E-state index < -0.39 is 5.83 Å². The third-order valence-corrected chi connectivity index (χ3v) is 6.99. The summed E-state index contributed by atoms with van der Waals surface area (Å²) < 4.78 is 14.6. The first-order valence-electron chi connectivity index (χ1n) is 12.8. The van der Waals surface area contributed by atoms with Gasteiger partial charge in [-0.2, -0.15) is 0 Å². The molecule has 3 aliphatic carbocycles. The molecule has 0 saturated heterocycles. The number of carbonyl (C=O) groups excluding carboxylic acids is 1. The van der Waals surface area contributed by atoms with Gasteiger partial charge < -0.3 is 5.11 Å². The molecule has 2 heterocycles. The van der Waals surface area contributed by atoms with Crippen LogP contribution in [0.15, 0.2) is 61.3 Å². The van der Waals surface area contributed by atoms with Crippen LogP contribution in [0.3, 0.4) is 0 Å². The van der Waals surface area contributed by atoms with Crippen molar-refractivity contribution < 1.29 is 14.3 Å². The van der Waals surface area contributed by atoms with Gasteiger partial charge in [0, 0.05) is 52.4 Å². The molecule has 5 nitrogen and oxygen atoms in total. The zero-order chi connectivity index (χ0) is 25.8. The minimum Gasteiger partial charge on any atom is -0.515 e. The molecule has 0 spiro atoms. The van der Waals surface area contributed by atoms with Crippen molar-refractivity contribution in [2.45, 2.75) is 70.6 Å². The van der Waals surface area contributed by atoms with Crippen LogP contribution in [-0.2, 0) is 11.2 Å². The van der Waals surface area contributed by atoms with Crippen molar-refractivity contribution >= 4 is 11.4 Å². The SMILES string of the molecule is C=C/C=C(\C(=C)F)c1nc(-c2ccnc(C3CC3)c2)nc2c1CCC1CC(=O)/C(=C\O)CC21.CCC. The summed E-state index contributed by atoms with van der Waals surface area (Å²) in [5, 5.41) is 9.60. The van der Waals surface area contributed by atoms with E-state index in [2.05, 4.69) is 32.0 Å². The summed E-state index contributed by atoms with van der Waals surface area (Å²) in [6, 6.07) is 3.90. The zero-order valence-corrected chi connectivity index (χ0v) is 21.1. The fraction of sp³-hybridized carbons (Fsp3) is 0.400. The Morgan fingerprint density at radius 1 is 1.22 bits per heavy atom. The van der Waals surface area contributed by atoms with E-state index in [1.54, 1.807) is 12.3 Å². The number of hydrogen-bond acceptors (Lipinski definition) is 5. The van der Waals surface area contributed by atoms with Crippen LogP contribution in [0.5, 0.6) is 0 Å². The monoisotopic (exact) mass is 487 g/mol. The molecule has 5 rings (SSSR count). The molecule has 2 atom stereocenters. The molecule has 0 bridgehead atoms. The molecule has 6 heteroatoms. The third-order valence-electron chi connectivity index (χ3n) is 6.99. The number of rotatable bonds is 5. The molecular weight excluding hydrogens is 453 g/mol. The first-order chi connectivity index (χ1) is 17.4. The van der Waals surface area contributed by atoms with Crippen LogP contribution in [0.2, 0.25) is 0 Å². The lowest BCUT2D eigenvalue weighted by Crippen LogP contribution is -2.31. The number of Topliss-reactive ketones (excluding diaryl/α,β-unsaturated/α-hetero) is 1. The van der Waals surface area contributed by atoms with Crippen molar-refractivity contribution in [2.75, 3.05) is 0 Å². The normalized spacial score (nSPS) is 22.2. The van der Waals surface area contributed by atoms with Gasteiger partial charge in [-0.25, -0.2) is 14.4 Å². The molecular formula is C30H34FN3O2. The maximum absolute atomic E-state index is 14.6. The van der Waals surface area contributed by atoms with Gasteiger partial charge >= 0.3 is 0 Å². The van der Waals surface area contributed by atoms with Crippen LogP contribution in [0.1, 0.15) is 86.9 Å². The van der Waals surface area contributed by atoms with Gasteiger partial charge in [-0.3, -0.25) is 9.78 Å². The molecule has 2 saturated carbocycles. The van der Waals surface area contributed by atoms with Crippen molar-refractivity contribution in [2.24, 2.45) is 5.92 Å². The molecule has 188 valence electrons. The predicted molar refractivity (Wildman–Crippen MR) is 141 cm³/mol. The number of fused-ring (bicyclic) bond motifs is 3. The molecule has 0 amide bonds. The van der Waals surface area contributed by atoms with Crippen molar-refractivity contribution in [3.8, 4) is 11.4 Å². The largest absolute Gasteiger partial charge is 0.515 e. The van der Waals surface area contributed by atoms with Gasteiger partial charge in [-0.05, 0) is 50.2 Å². The second-order valence-corrected chi connectivity index (χ2v) is 9.82. The van der Waals surface area contributed by atoms with E-state index in [-0.39, 0.29) is 17.6 Å². The lowest BCUT2D eigenvalue weighted by atomic mass is 9.68. The number of aromatic nitrogens is 3. The molecule has 3 aliphatic rings. The summed E-state index contributed by atoms with van der Waals surface area (Å²) in [6.07, 6.45) is 11.6. The first-order valence-corrected chi connectivity index (χ1v) is 12.8. The lowest BCUT2D eigenvalue weighted by Gasteiger charge is -2.37. The third kappa shape index (κ3) is 5.23. The summed E-state index contributed by atoms with van der Waals surface area (Å²) in [5.74, 6) is 0.514. The highest BCUT2D eigenvalue weighted by atomic mass is 19.1. The predicted octanol–water partition coefficient (Wildman–Crippen LogP) is 7.34.